The molecule has 0 atom stereocenters. The van der Waals surface area contributed by atoms with E-state index >= 15 is 0 Å². The maximum absolute atomic E-state index is 12.4. The van der Waals surface area contributed by atoms with Crippen molar-refractivity contribution in [3.63, 3.8) is 0 Å². The van der Waals surface area contributed by atoms with E-state index in [0.29, 0.717) is 22.4 Å². The second-order valence-electron chi connectivity index (χ2n) is 4.48. The lowest BCUT2D eigenvalue weighted by Crippen LogP contribution is -2.30. The first kappa shape index (κ1) is 12.1. The van der Waals surface area contributed by atoms with Gasteiger partial charge in [-0.15, -0.1) is 0 Å². The molecule has 5 nitrogen and oxygen atoms in total. The first-order valence-corrected chi connectivity index (χ1v) is 5.97. The molecule has 5 heteroatoms. The van der Waals surface area contributed by atoms with Crippen molar-refractivity contribution in [1.82, 2.24) is 4.98 Å². The van der Waals surface area contributed by atoms with Crippen LogP contribution in [-0.4, -0.2) is 16.8 Å². The first-order chi connectivity index (χ1) is 9.63. The Bertz CT molecular complexity index is 755. The van der Waals surface area contributed by atoms with E-state index in [1.807, 2.05) is 6.07 Å². The smallest absolute Gasteiger partial charge is 0.267 e. The van der Waals surface area contributed by atoms with Crippen LogP contribution in [0.25, 0.3) is 0 Å². The number of amides is 2. The van der Waals surface area contributed by atoms with Crippen LogP contribution >= 0.6 is 0 Å². The van der Waals surface area contributed by atoms with E-state index in [4.69, 9.17) is 5.26 Å². The highest BCUT2D eigenvalue weighted by atomic mass is 16.2. The highest BCUT2D eigenvalue weighted by Gasteiger charge is 2.37. The summed E-state index contributed by atoms with van der Waals surface area (Å²) >= 11 is 0. The van der Waals surface area contributed by atoms with E-state index in [-0.39, 0.29) is 5.91 Å². The van der Waals surface area contributed by atoms with Gasteiger partial charge >= 0.3 is 0 Å². The van der Waals surface area contributed by atoms with Gasteiger partial charge in [0.05, 0.1) is 28.4 Å². The summed E-state index contributed by atoms with van der Waals surface area (Å²) in [7, 11) is 0. The summed E-state index contributed by atoms with van der Waals surface area (Å²) in [6, 6.07) is 8.45. The number of fused-ring (bicyclic) bond motifs is 1. The van der Waals surface area contributed by atoms with E-state index in [2.05, 4.69) is 4.98 Å². The third-order valence-electron chi connectivity index (χ3n) is 3.27. The fourth-order valence-electron chi connectivity index (χ4n) is 2.22. The van der Waals surface area contributed by atoms with Crippen LogP contribution in [-0.2, 0) is 0 Å². The Kier molecular flexibility index (Phi) is 2.58. The van der Waals surface area contributed by atoms with Crippen LogP contribution in [0.2, 0.25) is 0 Å². The van der Waals surface area contributed by atoms with Crippen molar-refractivity contribution >= 4 is 17.5 Å². The van der Waals surface area contributed by atoms with Crippen molar-refractivity contribution in [2.24, 2.45) is 0 Å². The average molecular weight is 263 g/mol. The lowest BCUT2D eigenvalue weighted by molar-refractivity contribution is 0.0926. The van der Waals surface area contributed by atoms with E-state index in [0.717, 1.165) is 10.5 Å². The minimum Gasteiger partial charge on any atom is -0.268 e. The monoisotopic (exact) mass is 263 g/mol. The fourth-order valence-corrected chi connectivity index (χ4v) is 2.22. The number of hydrogen-bond acceptors (Lipinski definition) is 4. The lowest BCUT2D eigenvalue weighted by atomic mass is 10.1. The number of rotatable bonds is 1. The van der Waals surface area contributed by atoms with Crippen LogP contribution in [0.5, 0.6) is 0 Å². The third kappa shape index (κ3) is 1.59. The third-order valence-corrected chi connectivity index (χ3v) is 3.27. The molecule has 0 N–H and O–H groups in total. The van der Waals surface area contributed by atoms with Gasteiger partial charge in [-0.25, -0.2) is 4.90 Å². The molecule has 1 aliphatic rings. The average Bonchev–Trinajstić information content (AvgIpc) is 2.72. The second-order valence-corrected chi connectivity index (χ2v) is 4.48. The van der Waals surface area contributed by atoms with Crippen LogP contribution in [0.3, 0.4) is 0 Å². The van der Waals surface area contributed by atoms with Gasteiger partial charge in [0.2, 0.25) is 0 Å². The molecule has 20 heavy (non-hydrogen) atoms. The number of aromatic nitrogens is 1. The van der Waals surface area contributed by atoms with Gasteiger partial charge in [0, 0.05) is 12.4 Å². The van der Waals surface area contributed by atoms with Crippen molar-refractivity contribution < 1.29 is 9.59 Å². The molecule has 2 amide bonds. The van der Waals surface area contributed by atoms with Crippen LogP contribution in [0.1, 0.15) is 31.8 Å². The molecule has 0 spiro atoms. The molecule has 0 aliphatic carbocycles. The van der Waals surface area contributed by atoms with Crippen LogP contribution < -0.4 is 4.90 Å². The maximum atomic E-state index is 12.4. The van der Waals surface area contributed by atoms with Gasteiger partial charge in [0.1, 0.15) is 0 Å². The predicted molar refractivity (Wildman–Crippen MR) is 71.3 cm³/mol. The first-order valence-electron chi connectivity index (χ1n) is 5.97. The number of anilines is 1. The highest BCUT2D eigenvalue weighted by molar-refractivity contribution is 6.34. The number of carbonyl (C=O) groups is 2. The van der Waals surface area contributed by atoms with Crippen molar-refractivity contribution in [3.05, 3.63) is 58.9 Å². The van der Waals surface area contributed by atoms with Crippen LogP contribution in [0.4, 0.5) is 5.69 Å². The van der Waals surface area contributed by atoms with Gasteiger partial charge in [-0.1, -0.05) is 6.07 Å². The molecule has 0 bridgehead atoms. The topological polar surface area (TPSA) is 74.1 Å². The minimum absolute atomic E-state index is 0.291. The van der Waals surface area contributed by atoms with E-state index < -0.39 is 5.91 Å². The van der Waals surface area contributed by atoms with Crippen molar-refractivity contribution in [2.75, 3.05) is 4.90 Å². The Balaban J connectivity index is 2.17. The zero-order chi connectivity index (χ0) is 14.3. The number of nitriles is 1. The molecule has 2 heterocycles. The second kappa shape index (κ2) is 4.28. The fraction of sp³-hybridized carbons (Fsp3) is 0.0667. The number of benzene rings is 1. The largest absolute Gasteiger partial charge is 0.268 e. The molecular formula is C15H9N3O2. The SMILES string of the molecule is Cc1ccc(C#N)cc1N1C(=O)c2ccncc2C1=O. The van der Waals surface area contributed by atoms with Gasteiger partial charge in [-0.3, -0.25) is 14.6 Å². The molecule has 0 radical (unpaired) electrons. The quantitative estimate of drug-likeness (QED) is 0.738. The number of imide groups is 1. The summed E-state index contributed by atoms with van der Waals surface area (Å²) in [6.07, 6.45) is 2.87. The molecular weight excluding hydrogens is 254 g/mol. The zero-order valence-corrected chi connectivity index (χ0v) is 10.6. The molecule has 1 aromatic heterocycles. The standard InChI is InChI=1S/C15H9N3O2/c1-9-2-3-10(7-16)6-13(9)18-14(19)11-4-5-17-8-12(11)15(18)20/h2-6,8H,1H3. The number of hydrogen-bond donors (Lipinski definition) is 0. The number of pyridine rings is 1. The Labute approximate surface area is 115 Å². The van der Waals surface area contributed by atoms with Gasteiger partial charge in [-0.2, -0.15) is 5.26 Å². The van der Waals surface area contributed by atoms with Crippen LogP contribution in [0.15, 0.2) is 36.7 Å². The molecule has 0 unspecified atom stereocenters. The van der Waals surface area contributed by atoms with Gasteiger partial charge < -0.3 is 0 Å². The Morgan fingerprint density at radius 2 is 1.90 bits per heavy atom. The minimum atomic E-state index is -0.406. The molecule has 0 saturated carbocycles. The summed E-state index contributed by atoms with van der Waals surface area (Å²) in [5.74, 6) is -0.790. The molecule has 0 saturated heterocycles. The molecule has 1 aromatic carbocycles. The Hall–Kier alpha value is -3.00. The summed E-state index contributed by atoms with van der Waals surface area (Å²) < 4.78 is 0. The van der Waals surface area contributed by atoms with E-state index in [1.54, 1.807) is 25.1 Å². The lowest BCUT2D eigenvalue weighted by Gasteiger charge is -2.16. The summed E-state index contributed by atoms with van der Waals surface area (Å²) in [4.78, 5) is 29.7. The Morgan fingerprint density at radius 1 is 1.15 bits per heavy atom. The van der Waals surface area contributed by atoms with Crippen molar-refractivity contribution in [2.45, 2.75) is 6.92 Å². The molecule has 2 aromatic rings. The summed E-state index contributed by atoms with van der Waals surface area (Å²) in [6.45, 7) is 1.79. The summed E-state index contributed by atoms with van der Waals surface area (Å²) in [5, 5.41) is 8.95. The number of carbonyl (C=O) groups excluding carboxylic acids is 2. The highest BCUT2D eigenvalue weighted by Crippen LogP contribution is 2.30. The zero-order valence-electron chi connectivity index (χ0n) is 10.6. The Morgan fingerprint density at radius 3 is 2.60 bits per heavy atom. The molecule has 96 valence electrons. The van der Waals surface area contributed by atoms with Crippen molar-refractivity contribution in [1.29, 1.82) is 5.26 Å². The molecule has 0 fully saturated rings. The van der Waals surface area contributed by atoms with Gasteiger partial charge in [-0.05, 0) is 30.7 Å². The number of nitrogens with zero attached hydrogens (tertiary/aromatic N) is 3. The van der Waals surface area contributed by atoms with Gasteiger partial charge in [0.25, 0.3) is 11.8 Å². The normalized spacial score (nSPS) is 13.3. The molecule has 3 rings (SSSR count). The number of aryl methyl sites for hydroxylation is 1. The van der Waals surface area contributed by atoms with Crippen molar-refractivity contribution in [3.8, 4) is 6.07 Å². The predicted octanol–water partition coefficient (Wildman–Crippen LogP) is 2.06. The van der Waals surface area contributed by atoms with E-state index in [1.165, 1.54) is 18.5 Å². The van der Waals surface area contributed by atoms with E-state index in [9.17, 15) is 9.59 Å². The maximum Gasteiger partial charge on any atom is 0.267 e. The van der Waals surface area contributed by atoms with Crippen LogP contribution in [0, 0.1) is 18.3 Å². The summed E-state index contributed by atoms with van der Waals surface area (Å²) in [5.41, 5.74) is 2.23. The van der Waals surface area contributed by atoms with Gasteiger partial charge in [0.15, 0.2) is 0 Å². The molecule has 1 aliphatic heterocycles.